The van der Waals surface area contributed by atoms with Gasteiger partial charge >= 0.3 is 0 Å². The van der Waals surface area contributed by atoms with Crippen LogP contribution in [0.15, 0.2) is 36.5 Å². The monoisotopic (exact) mass is 434 g/mol. The first kappa shape index (κ1) is 20.0. The molecule has 2 aromatic heterocycles. The zero-order valence-electron chi connectivity index (χ0n) is 18.3. The van der Waals surface area contributed by atoms with Crippen LogP contribution in [0, 0.1) is 16.7 Å². The molecule has 2 N–H and O–H groups in total. The number of nitrogens with zero attached hydrogens (tertiary/aromatic N) is 3. The van der Waals surface area contributed by atoms with Crippen LogP contribution in [-0.2, 0) is 4.79 Å². The normalized spacial score (nSPS) is 32.7. The molecule has 32 heavy (non-hydrogen) atoms. The SMILES string of the molecule is O=C(CC12CC=CC3(CC3C1)C2)Nc1cccc2nc(C(=O)N3CCCCC3CO)cn12. The number of hydrogen-bond acceptors (Lipinski definition) is 4. The summed E-state index contributed by atoms with van der Waals surface area (Å²) in [6.45, 7) is 0.611. The van der Waals surface area contributed by atoms with E-state index >= 15 is 0 Å². The van der Waals surface area contributed by atoms with Crippen molar-refractivity contribution in [3.8, 4) is 0 Å². The number of fused-ring (bicyclic) bond motifs is 2. The molecule has 0 aromatic carbocycles. The fourth-order valence-corrected chi connectivity index (χ4v) is 6.70. The van der Waals surface area contributed by atoms with Gasteiger partial charge in [0, 0.05) is 19.2 Å². The second-order valence-electron chi connectivity index (χ2n) is 10.4. The van der Waals surface area contributed by atoms with Crippen molar-refractivity contribution in [3.63, 3.8) is 0 Å². The van der Waals surface area contributed by atoms with Crippen LogP contribution >= 0.6 is 0 Å². The molecule has 4 atom stereocenters. The quantitative estimate of drug-likeness (QED) is 0.706. The summed E-state index contributed by atoms with van der Waals surface area (Å²) in [6, 6.07) is 5.39. The molecule has 1 aliphatic heterocycles. The number of imidazole rings is 1. The molecule has 3 aliphatic carbocycles. The highest BCUT2D eigenvalue weighted by molar-refractivity contribution is 5.94. The number of hydrogen-bond donors (Lipinski definition) is 2. The minimum Gasteiger partial charge on any atom is -0.394 e. The van der Waals surface area contributed by atoms with Crippen molar-refractivity contribution >= 4 is 23.3 Å². The molecule has 6 rings (SSSR count). The Labute approximate surface area is 187 Å². The number of amides is 2. The first-order valence-corrected chi connectivity index (χ1v) is 11.9. The summed E-state index contributed by atoms with van der Waals surface area (Å²) in [5, 5.41) is 12.8. The average Bonchev–Trinajstić information content (AvgIpc) is 3.15. The number of aromatic nitrogens is 2. The highest BCUT2D eigenvalue weighted by Gasteiger charge is 2.64. The lowest BCUT2D eigenvalue weighted by Gasteiger charge is -2.34. The van der Waals surface area contributed by atoms with Crippen LogP contribution in [0.2, 0.25) is 0 Å². The van der Waals surface area contributed by atoms with Crippen molar-refractivity contribution < 1.29 is 14.7 Å². The largest absolute Gasteiger partial charge is 0.394 e. The van der Waals surface area contributed by atoms with E-state index in [1.54, 1.807) is 15.5 Å². The summed E-state index contributed by atoms with van der Waals surface area (Å²) in [5.74, 6) is 1.28. The standard InChI is InChI=1S/C25H30N4O3/c30-15-18-5-1-2-10-28(18)23(32)19-14-29-20(26-19)6-3-7-21(29)27-22(31)13-24-8-4-9-25(16-24)12-17(25)11-24/h3-4,6-7,9,14,17-18,30H,1-2,5,8,10-13,15-16H2,(H,27,31). The highest BCUT2D eigenvalue weighted by atomic mass is 16.3. The van der Waals surface area contributed by atoms with Crippen LogP contribution in [0.3, 0.4) is 0 Å². The second kappa shape index (κ2) is 7.17. The molecule has 1 saturated heterocycles. The zero-order chi connectivity index (χ0) is 21.9. The fourth-order valence-electron chi connectivity index (χ4n) is 6.70. The van der Waals surface area contributed by atoms with Crippen molar-refractivity contribution in [2.24, 2.45) is 16.7 Å². The number of aliphatic hydroxyl groups excluding tert-OH is 1. The van der Waals surface area contributed by atoms with E-state index in [0.717, 1.165) is 44.4 Å². The molecule has 0 radical (unpaired) electrons. The van der Waals surface area contributed by atoms with Crippen LogP contribution in [0.1, 0.15) is 61.9 Å². The molecule has 3 fully saturated rings. The van der Waals surface area contributed by atoms with Crippen LogP contribution in [0.25, 0.3) is 5.65 Å². The Hall–Kier alpha value is -2.67. The van der Waals surface area contributed by atoms with Crippen molar-refractivity contribution in [1.82, 2.24) is 14.3 Å². The van der Waals surface area contributed by atoms with Gasteiger partial charge in [-0.2, -0.15) is 0 Å². The van der Waals surface area contributed by atoms with Gasteiger partial charge in [0.1, 0.15) is 17.2 Å². The fraction of sp³-hybridized carbons (Fsp3) is 0.560. The molecule has 2 aromatic rings. The molecule has 4 unspecified atom stereocenters. The summed E-state index contributed by atoms with van der Waals surface area (Å²) >= 11 is 0. The predicted molar refractivity (Wildman–Crippen MR) is 120 cm³/mol. The van der Waals surface area contributed by atoms with Gasteiger partial charge in [-0.25, -0.2) is 4.98 Å². The molecule has 1 spiro atoms. The van der Waals surface area contributed by atoms with E-state index in [4.69, 9.17) is 0 Å². The highest BCUT2D eigenvalue weighted by Crippen LogP contribution is 2.73. The van der Waals surface area contributed by atoms with Crippen LogP contribution in [0.5, 0.6) is 0 Å². The van der Waals surface area contributed by atoms with Crippen molar-refractivity contribution in [2.45, 2.75) is 57.4 Å². The maximum Gasteiger partial charge on any atom is 0.274 e. The Morgan fingerprint density at radius 1 is 1.25 bits per heavy atom. The number of pyridine rings is 1. The number of carbonyl (C=O) groups excluding carboxylic acids is 2. The number of piperidine rings is 1. The minimum absolute atomic E-state index is 0.0283. The number of allylic oxidation sites excluding steroid dienone is 2. The van der Waals surface area contributed by atoms with Crippen molar-refractivity contribution in [3.05, 3.63) is 42.2 Å². The van der Waals surface area contributed by atoms with Crippen LogP contribution in [0.4, 0.5) is 5.82 Å². The number of aliphatic hydroxyl groups is 1. The number of carbonyl (C=O) groups is 2. The van der Waals surface area contributed by atoms with Gasteiger partial charge in [0.25, 0.3) is 5.91 Å². The average molecular weight is 435 g/mol. The Morgan fingerprint density at radius 2 is 2.16 bits per heavy atom. The van der Waals surface area contributed by atoms with Gasteiger partial charge in [-0.3, -0.25) is 14.0 Å². The summed E-state index contributed by atoms with van der Waals surface area (Å²) in [6.07, 6.45) is 14.3. The molecule has 2 amide bonds. The first-order valence-electron chi connectivity index (χ1n) is 11.9. The molecule has 168 valence electrons. The van der Waals surface area contributed by atoms with Crippen LogP contribution < -0.4 is 5.32 Å². The molecule has 2 saturated carbocycles. The maximum atomic E-state index is 13.1. The van der Waals surface area contributed by atoms with E-state index in [1.165, 1.54) is 6.42 Å². The van der Waals surface area contributed by atoms with Crippen molar-refractivity contribution in [1.29, 1.82) is 0 Å². The molecule has 4 aliphatic rings. The van der Waals surface area contributed by atoms with Gasteiger partial charge in [0.05, 0.1) is 12.6 Å². The Kier molecular flexibility index (Phi) is 4.47. The molecule has 7 nitrogen and oxygen atoms in total. The van der Waals surface area contributed by atoms with E-state index in [2.05, 4.69) is 22.5 Å². The second-order valence-corrected chi connectivity index (χ2v) is 10.4. The molecular weight excluding hydrogens is 404 g/mol. The third kappa shape index (κ3) is 3.17. The van der Waals surface area contributed by atoms with Crippen LogP contribution in [-0.4, -0.2) is 50.4 Å². The summed E-state index contributed by atoms with van der Waals surface area (Å²) < 4.78 is 1.79. The third-order valence-electron chi connectivity index (χ3n) is 8.28. The van der Waals surface area contributed by atoms with E-state index < -0.39 is 0 Å². The Balaban J connectivity index is 1.20. The van der Waals surface area contributed by atoms with Gasteiger partial charge in [-0.15, -0.1) is 0 Å². The lowest BCUT2D eigenvalue weighted by Crippen LogP contribution is -2.45. The van der Waals surface area contributed by atoms with E-state index in [-0.39, 0.29) is 29.9 Å². The van der Waals surface area contributed by atoms with Gasteiger partial charge in [-0.1, -0.05) is 18.2 Å². The lowest BCUT2D eigenvalue weighted by molar-refractivity contribution is -0.118. The number of rotatable bonds is 5. The summed E-state index contributed by atoms with van der Waals surface area (Å²) in [7, 11) is 0. The lowest BCUT2D eigenvalue weighted by atomic mass is 9.72. The minimum atomic E-state index is -0.159. The van der Waals surface area contributed by atoms with Gasteiger partial charge in [-0.05, 0) is 73.8 Å². The van der Waals surface area contributed by atoms with E-state index in [9.17, 15) is 14.7 Å². The molecule has 3 heterocycles. The summed E-state index contributed by atoms with van der Waals surface area (Å²) in [5.41, 5.74) is 1.49. The van der Waals surface area contributed by atoms with E-state index in [0.29, 0.717) is 35.5 Å². The topological polar surface area (TPSA) is 86.9 Å². The Morgan fingerprint density at radius 3 is 3.03 bits per heavy atom. The number of nitrogens with one attached hydrogen (secondary N) is 1. The van der Waals surface area contributed by atoms with Gasteiger partial charge in [0.2, 0.25) is 5.91 Å². The third-order valence-corrected chi connectivity index (χ3v) is 8.28. The molecule has 2 bridgehead atoms. The number of anilines is 1. The van der Waals surface area contributed by atoms with Gasteiger partial charge in [0.15, 0.2) is 0 Å². The maximum absolute atomic E-state index is 13.1. The summed E-state index contributed by atoms with van der Waals surface area (Å²) in [4.78, 5) is 32.4. The Bertz CT molecular complexity index is 1120. The number of likely N-dealkylation sites (tertiary alicyclic amines) is 1. The smallest absolute Gasteiger partial charge is 0.274 e. The van der Waals surface area contributed by atoms with Gasteiger partial charge < -0.3 is 15.3 Å². The molecular formula is C25H30N4O3. The zero-order valence-corrected chi connectivity index (χ0v) is 18.3. The van der Waals surface area contributed by atoms with Crippen molar-refractivity contribution in [2.75, 3.05) is 18.5 Å². The molecule has 7 heteroatoms. The van der Waals surface area contributed by atoms with E-state index in [1.807, 2.05) is 18.2 Å². The first-order chi connectivity index (χ1) is 15.5. The predicted octanol–water partition coefficient (Wildman–Crippen LogP) is 3.40.